The molecule has 0 saturated carbocycles. The van der Waals surface area contributed by atoms with Gasteiger partial charge < -0.3 is 24.2 Å². The molecular weight excluding hydrogens is 425 g/mol. The van der Waals surface area contributed by atoms with Crippen LogP contribution in [0.2, 0.25) is 0 Å². The number of ether oxygens (including phenoxy) is 2. The van der Waals surface area contributed by atoms with Crippen LogP contribution in [0.5, 0.6) is 5.75 Å². The van der Waals surface area contributed by atoms with E-state index in [0.29, 0.717) is 44.5 Å². The molecule has 0 aliphatic carbocycles. The summed E-state index contributed by atoms with van der Waals surface area (Å²) in [5.41, 5.74) is -0.371. The van der Waals surface area contributed by atoms with Gasteiger partial charge >= 0.3 is 6.09 Å². The predicted octanol–water partition coefficient (Wildman–Crippen LogP) is 4.02. The Balaban J connectivity index is 1.37. The SMILES string of the molecule is CN1CCN(C(=O)c2ccc(OCCCC3CCN(C(=O)OC(C)(C)C)CC3)cc2F)CC1. The van der Waals surface area contributed by atoms with Crippen LogP contribution < -0.4 is 4.74 Å². The first kappa shape index (κ1) is 25.3. The average Bonchev–Trinajstić information content (AvgIpc) is 2.76. The maximum absolute atomic E-state index is 14.6. The van der Waals surface area contributed by atoms with Crippen LogP contribution in [0.3, 0.4) is 0 Å². The number of likely N-dealkylation sites (tertiary alicyclic amines) is 1. The van der Waals surface area contributed by atoms with Gasteiger partial charge in [-0.2, -0.15) is 0 Å². The highest BCUT2D eigenvalue weighted by atomic mass is 19.1. The van der Waals surface area contributed by atoms with Crippen molar-refractivity contribution in [2.24, 2.45) is 5.92 Å². The molecule has 184 valence electrons. The largest absolute Gasteiger partial charge is 0.493 e. The molecular formula is C25H38FN3O4. The Hall–Kier alpha value is -2.35. The number of piperidine rings is 1. The van der Waals surface area contributed by atoms with E-state index in [2.05, 4.69) is 4.90 Å². The molecule has 7 nitrogen and oxygen atoms in total. The molecule has 0 spiro atoms. The fraction of sp³-hybridized carbons (Fsp3) is 0.680. The zero-order valence-electron chi connectivity index (χ0n) is 20.4. The lowest BCUT2D eigenvalue weighted by Gasteiger charge is -2.33. The van der Waals surface area contributed by atoms with Gasteiger partial charge in [-0.25, -0.2) is 9.18 Å². The molecule has 8 heteroatoms. The molecule has 2 saturated heterocycles. The number of nitrogens with zero attached hydrogens (tertiary/aromatic N) is 3. The van der Waals surface area contributed by atoms with Gasteiger partial charge in [0.1, 0.15) is 17.2 Å². The number of carbonyl (C=O) groups is 2. The normalized spacial score (nSPS) is 18.3. The summed E-state index contributed by atoms with van der Waals surface area (Å²) in [5, 5.41) is 0. The monoisotopic (exact) mass is 463 g/mol. The van der Waals surface area contributed by atoms with Crippen LogP contribution in [0.25, 0.3) is 0 Å². The number of amides is 2. The number of hydrogen-bond acceptors (Lipinski definition) is 5. The van der Waals surface area contributed by atoms with Crippen LogP contribution in [0.1, 0.15) is 56.8 Å². The van der Waals surface area contributed by atoms with E-state index in [9.17, 15) is 14.0 Å². The van der Waals surface area contributed by atoms with Gasteiger partial charge in [0.05, 0.1) is 12.2 Å². The quantitative estimate of drug-likeness (QED) is 0.597. The molecule has 2 amide bonds. The van der Waals surface area contributed by atoms with Gasteiger partial charge in [-0.1, -0.05) is 0 Å². The van der Waals surface area contributed by atoms with Crippen molar-refractivity contribution in [3.63, 3.8) is 0 Å². The van der Waals surface area contributed by atoms with Gasteiger partial charge in [0.25, 0.3) is 5.91 Å². The predicted molar refractivity (Wildman–Crippen MR) is 125 cm³/mol. The van der Waals surface area contributed by atoms with E-state index < -0.39 is 11.4 Å². The molecule has 0 N–H and O–H groups in total. The van der Waals surface area contributed by atoms with Crippen molar-refractivity contribution in [2.75, 3.05) is 52.9 Å². The lowest BCUT2D eigenvalue weighted by Crippen LogP contribution is -2.47. The Labute approximate surface area is 196 Å². The molecule has 0 unspecified atom stereocenters. The van der Waals surface area contributed by atoms with E-state index in [1.165, 1.54) is 12.1 Å². The second kappa shape index (κ2) is 11.2. The number of piperazine rings is 1. The summed E-state index contributed by atoms with van der Waals surface area (Å²) >= 11 is 0. The van der Waals surface area contributed by atoms with Crippen LogP contribution in [-0.4, -0.2) is 85.2 Å². The van der Waals surface area contributed by atoms with Gasteiger partial charge in [-0.3, -0.25) is 4.79 Å². The lowest BCUT2D eigenvalue weighted by molar-refractivity contribution is 0.0179. The number of hydrogen-bond donors (Lipinski definition) is 0. The van der Waals surface area contributed by atoms with Crippen molar-refractivity contribution in [3.8, 4) is 5.75 Å². The summed E-state index contributed by atoms with van der Waals surface area (Å²) in [6.07, 6.45) is 3.54. The number of likely N-dealkylation sites (N-methyl/N-ethyl adjacent to an activating group) is 1. The molecule has 0 radical (unpaired) electrons. The zero-order chi connectivity index (χ0) is 24.0. The first-order valence-electron chi connectivity index (χ1n) is 12.0. The minimum absolute atomic E-state index is 0.101. The first-order chi connectivity index (χ1) is 15.6. The van der Waals surface area contributed by atoms with E-state index in [-0.39, 0.29) is 17.6 Å². The molecule has 2 aliphatic heterocycles. The van der Waals surface area contributed by atoms with Gasteiger partial charge in [0, 0.05) is 45.3 Å². The number of carbonyl (C=O) groups excluding carboxylic acids is 2. The Morgan fingerprint density at radius 3 is 2.30 bits per heavy atom. The minimum Gasteiger partial charge on any atom is -0.493 e. The average molecular weight is 464 g/mol. The molecule has 1 aromatic rings. The van der Waals surface area contributed by atoms with E-state index in [1.54, 1.807) is 15.9 Å². The Morgan fingerprint density at radius 2 is 1.70 bits per heavy atom. The molecule has 3 rings (SSSR count). The molecule has 1 aromatic carbocycles. The van der Waals surface area contributed by atoms with Crippen LogP contribution in [0, 0.1) is 11.7 Å². The molecule has 2 heterocycles. The Kier molecular flexibility index (Phi) is 8.57. The number of halogens is 1. The van der Waals surface area contributed by atoms with Crippen molar-refractivity contribution in [3.05, 3.63) is 29.6 Å². The van der Waals surface area contributed by atoms with Gasteiger partial charge in [-0.15, -0.1) is 0 Å². The van der Waals surface area contributed by atoms with E-state index in [0.717, 1.165) is 38.8 Å². The number of rotatable bonds is 6. The third kappa shape index (κ3) is 7.59. The van der Waals surface area contributed by atoms with Crippen molar-refractivity contribution < 1.29 is 23.5 Å². The highest BCUT2D eigenvalue weighted by Gasteiger charge is 2.27. The summed E-state index contributed by atoms with van der Waals surface area (Å²) in [4.78, 5) is 30.4. The van der Waals surface area contributed by atoms with Crippen molar-refractivity contribution in [1.29, 1.82) is 0 Å². The van der Waals surface area contributed by atoms with Crippen molar-refractivity contribution >= 4 is 12.0 Å². The standard InChI is InChI=1S/C25H38FN3O4/c1-25(2,3)33-24(31)29-11-9-19(10-12-29)6-5-17-32-20-7-8-21(22(26)18-20)23(30)28-15-13-27(4)14-16-28/h7-8,18-19H,5-6,9-17H2,1-4H3. The minimum atomic E-state index is -0.536. The highest BCUT2D eigenvalue weighted by Crippen LogP contribution is 2.24. The smallest absolute Gasteiger partial charge is 0.410 e. The van der Waals surface area contributed by atoms with Crippen LogP contribution in [0.4, 0.5) is 9.18 Å². The van der Waals surface area contributed by atoms with Gasteiger partial charge in [-0.05, 0) is 71.6 Å². The lowest BCUT2D eigenvalue weighted by atomic mass is 9.92. The highest BCUT2D eigenvalue weighted by molar-refractivity contribution is 5.94. The Morgan fingerprint density at radius 1 is 1.03 bits per heavy atom. The van der Waals surface area contributed by atoms with Crippen molar-refractivity contribution in [2.45, 2.75) is 52.1 Å². The van der Waals surface area contributed by atoms with Crippen LogP contribution in [-0.2, 0) is 4.74 Å². The third-order valence-electron chi connectivity index (χ3n) is 6.25. The second-order valence-corrected chi connectivity index (χ2v) is 10.1. The zero-order valence-corrected chi connectivity index (χ0v) is 20.4. The molecule has 2 aliphatic rings. The van der Waals surface area contributed by atoms with Crippen LogP contribution in [0.15, 0.2) is 18.2 Å². The second-order valence-electron chi connectivity index (χ2n) is 10.1. The maximum atomic E-state index is 14.6. The topological polar surface area (TPSA) is 62.3 Å². The first-order valence-corrected chi connectivity index (χ1v) is 12.0. The molecule has 0 bridgehead atoms. The molecule has 0 aromatic heterocycles. The summed E-state index contributed by atoms with van der Waals surface area (Å²) in [6, 6.07) is 4.51. The summed E-state index contributed by atoms with van der Waals surface area (Å²) in [6.45, 7) is 10.4. The fourth-order valence-corrected chi connectivity index (χ4v) is 4.23. The van der Waals surface area contributed by atoms with Crippen LogP contribution >= 0.6 is 0 Å². The number of benzene rings is 1. The maximum Gasteiger partial charge on any atom is 0.410 e. The van der Waals surface area contributed by atoms with E-state index in [1.807, 2.05) is 27.8 Å². The molecule has 0 atom stereocenters. The summed E-state index contributed by atoms with van der Waals surface area (Å²) in [5.74, 6) is 0.200. The van der Waals surface area contributed by atoms with E-state index in [4.69, 9.17) is 9.47 Å². The molecule has 33 heavy (non-hydrogen) atoms. The Bertz CT molecular complexity index is 810. The van der Waals surface area contributed by atoms with Gasteiger partial charge in [0.2, 0.25) is 0 Å². The van der Waals surface area contributed by atoms with Gasteiger partial charge in [0.15, 0.2) is 0 Å². The summed E-state index contributed by atoms with van der Waals surface area (Å²) in [7, 11) is 2.02. The third-order valence-corrected chi connectivity index (χ3v) is 6.25. The molecule has 2 fully saturated rings. The summed E-state index contributed by atoms with van der Waals surface area (Å²) < 4.78 is 25.7. The fourth-order valence-electron chi connectivity index (χ4n) is 4.23. The van der Waals surface area contributed by atoms with Crippen molar-refractivity contribution in [1.82, 2.24) is 14.7 Å². The van der Waals surface area contributed by atoms with E-state index >= 15 is 0 Å².